The lowest BCUT2D eigenvalue weighted by atomic mass is 9.80. The SMILES string of the molecule is CCCCNC(=O)C1CCC(C(=O)N2CCc3ccccc3C2)CC1. The zero-order valence-corrected chi connectivity index (χ0v) is 15.3. The van der Waals surface area contributed by atoms with Gasteiger partial charge in [-0.05, 0) is 49.7 Å². The van der Waals surface area contributed by atoms with Gasteiger partial charge in [-0.1, -0.05) is 37.6 Å². The average Bonchev–Trinajstić information content (AvgIpc) is 2.67. The normalized spacial score (nSPS) is 23.0. The fraction of sp³-hybridized carbons (Fsp3) is 0.619. The van der Waals surface area contributed by atoms with Gasteiger partial charge >= 0.3 is 0 Å². The maximum absolute atomic E-state index is 12.9. The smallest absolute Gasteiger partial charge is 0.225 e. The number of nitrogens with zero attached hydrogens (tertiary/aromatic N) is 1. The van der Waals surface area contributed by atoms with Crippen LogP contribution in [0.15, 0.2) is 24.3 Å². The molecular formula is C21H30N2O2. The van der Waals surface area contributed by atoms with Crippen LogP contribution in [0.4, 0.5) is 0 Å². The van der Waals surface area contributed by atoms with Crippen molar-refractivity contribution < 1.29 is 9.59 Å². The second-order valence-electron chi connectivity index (χ2n) is 7.47. The van der Waals surface area contributed by atoms with Crippen LogP contribution in [0.5, 0.6) is 0 Å². The van der Waals surface area contributed by atoms with E-state index in [0.717, 1.165) is 64.6 Å². The van der Waals surface area contributed by atoms with Crippen molar-refractivity contribution >= 4 is 11.8 Å². The largest absolute Gasteiger partial charge is 0.356 e. The Morgan fingerprint density at radius 1 is 1.08 bits per heavy atom. The summed E-state index contributed by atoms with van der Waals surface area (Å²) in [6.07, 6.45) is 6.48. The van der Waals surface area contributed by atoms with Gasteiger partial charge in [0.25, 0.3) is 0 Å². The minimum Gasteiger partial charge on any atom is -0.356 e. The topological polar surface area (TPSA) is 49.4 Å². The van der Waals surface area contributed by atoms with Crippen molar-refractivity contribution in [1.82, 2.24) is 10.2 Å². The maximum Gasteiger partial charge on any atom is 0.225 e. The Bertz CT molecular complexity index is 606. The molecule has 0 spiro atoms. The second kappa shape index (κ2) is 8.50. The van der Waals surface area contributed by atoms with Crippen LogP contribution in [-0.2, 0) is 22.6 Å². The van der Waals surface area contributed by atoms with Crippen LogP contribution in [0.1, 0.15) is 56.6 Å². The Hall–Kier alpha value is -1.84. The van der Waals surface area contributed by atoms with Crippen LogP contribution in [0.3, 0.4) is 0 Å². The van der Waals surface area contributed by atoms with Crippen LogP contribution in [0, 0.1) is 11.8 Å². The highest BCUT2D eigenvalue weighted by atomic mass is 16.2. The third kappa shape index (κ3) is 4.42. The molecule has 0 saturated heterocycles. The number of fused-ring (bicyclic) bond motifs is 1. The van der Waals surface area contributed by atoms with E-state index in [-0.39, 0.29) is 17.7 Å². The highest BCUT2D eigenvalue weighted by molar-refractivity contribution is 5.81. The summed E-state index contributed by atoms with van der Waals surface area (Å²) in [5.74, 6) is 0.679. The van der Waals surface area contributed by atoms with E-state index in [1.165, 1.54) is 11.1 Å². The first-order valence-corrected chi connectivity index (χ1v) is 9.82. The Morgan fingerprint density at radius 3 is 2.48 bits per heavy atom. The van der Waals surface area contributed by atoms with E-state index >= 15 is 0 Å². The van der Waals surface area contributed by atoms with Gasteiger partial charge in [0.2, 0.25) is 11.8 Å². The fourth-order valence-electron chi connectivity index (χ4n) is 4.08. The predicted molar refractivity (Wildman–Crippen MR) is 98.9 cm³/mol. The molecule has 4 heteroatoms. The lowest BCUT2D eigenvalue weighted by molar-refractivity contribution is -0.139. The number of carbonyl (C=O) groups excluding carboxylic acids is 2. The lowest BCUT2D eigenvalue weighted by Gasteiger charge is -2.34. The molecule has 2 aliphatic rings. The number of nitrogens with one attached hydrogen (secondary N) is 1. The molecule has 1 saturated carbocycles. The Kier molecular flexibility index (Phi) is 6.11. The first-order valence-electron chi connectivity index (χ1n) is 9.82. The Balaban J connectivity index is 1.48. The summed E-state index contributed by atoms with van der Waals surface area (Å²) < 4.78 is 0. The molecule has 3 rings (SSSR count). The molecule has 1 fully saturated rings. The van der Waals surface area contributed by atoms with Gasteiger partial charge in [0.15, 0.2) is 0 Å². The number of hydrogen-bond acceptors (Lipinski definition) is 2. The highest BCUT2D eigenvalue weighted by Crippen LogP contribution is 2.31. The van der Waals surface area contributed by atoms with Crippen molar-refractivity contribution in [3.63, 3.8) is 0 Å². The van der Waals surface area contributed by atoms with Crippen LogP contribution in [-0.4, -0.2) is 29.8 Å². The Morgan fingerprint density at radius 2 is 1.76 bits per heavy atom. The fourth-order valence-corrected chi connectivity index (χ4v) is 4.08. The summed E-state index contributed by atoms with van der Waals surface area (Å²) >= 11 is 0. The third-order valence-electron chi connectivity index (χ3n) is 5.72. The van der Waals surface area contributed by atoms with Crippen molar-refractivity contribution in [3.05, 3.63) is 35.4 Å². The monoisotopic (exact) mass is 342 g/mol. The lowest BCUT2D eigenvalue weighted by Crippen LogP contribution is -2.42. The van der Waals surface area contributed by atoms with E-state index < -0.39 is 0 Å². The van der Waals surface area contributed by atoms with Crippen LogP contribution in [0.25, 0.3) is 0 Å². The molecule has 0 aromatic heterocycles. The van der Waals surface area contributed by atoms with Crippen molar-refractivity contribution in [1.29, 1.82) is 0 Å². The minimum absolute atomic E-state index is 0.1000. The summed E-state index contributed by atoms with van der Waals surface area (Å²) in [6, 6.07) is 8.42. The molecule has 1 aromatic carbocycles. The average molecular weight is 342 g/mol. The predicted octanol–water partition coefficient (Wildman–Crippen LogP) is 3.29. The summed E-state index contributed by atoms with van der Waals surface area (Å²) in [7, 11) is 0. The standard InChI is InChI=1S/C21H30N2O2/c1-2-3-13-22-20(24)17-8-10-18(11-9-17)21(25)23-14-12-16-6-4-5-7-19(16)15-23/h4-7,17-18H,2-3,8-15H2,1H3,(H,22,24). The zero-order chi connectivity index (χ0) is 17.6. The molecule has 1 aromatic rings. The van der Waals surface area contributed by atoms with Gasteiger partial charge in [-0.3, -0.25) is 9.59 Å². The summed E-state index contributed by atoms with van der Waals surface area (Å²) in [4.78, 5) is 27.1. The number of amides is 2. The maximum atomic E-state index is 12.9. The van der Waals surface area contributed by atoms with Gasteiger partial charge in [-0.25, -0.2) is 0 Å². The van der Waals surface area contributed by atoms with Gasteiger partial charge in [0.1, 0.15) is 0 Å². The number of unbranched alkanes of at least 4 members (excludes halogenated alkanes) is 1. The van der Waals surface area contributed by atoms with Gasteiger partial charge < -0.3 is 10.2 Å². The van der Waals surface area contributed by atoms with E-state index in [4.69, 9.17) is 0 Å². The first kappa shape index (κ1) is 18.0. The van der Waals surface area contributed by atoms with Gasteiger partial charge in [-0.15, -0.1) is 0 Å². The molecule has 1 heterocycles. The number of carbonyl (C=O) groups is 2. The molecule has 1 aliphatic heterocycles. The molecule has 25 heavy (non-hydrogen) atoms. The number of rotatable bonds is 5. The minimum atomic E-state index is 0.1000. The quantitative estimate of drug-likeness (QED) is 0.835. The molecule has 2 amide bonds. The summed E-state index contributed by atoms with van der Waals surface area (Å²) in [5, 5.41) is 3.04. The molecule has 1 N–H and O–H groups in total. The molecule has 0 atom stereocenters. The van der Waals surface area contributed by atoms with Gasteiger partial charge in [-0.2, -0.15) is 0 Å². The number of hydrogen-bond donors (Lipinski definition) is 1. The zero-order valence-electron chi connectivity index (χ0n) is 15.3. The summed E-state index contributed by atoms with van der Waals surface area (Å²) in [6.45, 7) is 4.48. The number of benzene rings is 1. The Labute approximate surface area is 151 Å². The van der Waals surface area contributed by atoms with E-state index in [0.29, 0.717) is 5.91 Å². The van der Waals surface area contributed by atoms with Gasteiger partial charge in [0, 0.05) is 31.5 Å². The van der Waals surface area contributed by atoms with Gasteiger partial charge in [0.05, 0.1) is 0 Å². The highest BCUT2D eigenvalue weighted by Gasteiger charge is 2.33. The van der Waals surface area contributed by atoms with E-state index in [1.807, 2.05) is 4.90 Å². The molecule has 0 bridgehead atoms. The van der Waals surface area contributed by atoms with E-state index in [9.17, 15) is 9.59 Å². The third-order valence-corrected chi connectivity index (χ3v) is 5.72. The first-order chi connectivity index (χ1) is 12.2. The molecule has 0 unspecified atom stereocenters. The molecule has 1 aliphatic carbocycles. The van der Waals surface area contributed by atoms with Crippen molar-refractivity contribution in [3.8, 4) is 0 Å². The van der Waals surface area contributed by atoms with Crippen molar-refractivity contribution in [2.24, 2.45) is 11.8 Å². The second-order valence-corrected chi connectivity index (χ2v) is 7.47. The van der Waals surface area contributed by atoms with Crippen LogP contribution >= 0.6 is 0 Å². The van der Waals surface area contributed by atoms with E-state index in [1.54, 1.807) is 0 Å². The molecule has 136 valence electrons. The summed E-state index contributed by atoms with van der Waals surface area (Å²) in [5.41, 5.74) is 2.66. The van der Waals surface area contributed by atoms with Crippen LogP contribution < -0.4 is 5.32 Å². The van der Waals surface area contributed by atoms with Crippen LogP contribution in [0.2, 0.25) is 0 Å². The van der Waals surface area contributed by atoms with Crippen molar-refractivity contribution in [2.75, 3.05) is 13.1 Å². The van der Waals surface area contributed by atoms with Crippen molar-refractivity contribution in [2.45, 2.75) is 58.4 Å². The molecule has 4 nitrogen and oxygen atoms in total. The molecule has 0 radical (unpaired) electrons. The molecular weight excluding hydrogens is 312 g/mol. The van der Waals surface area contributed by atoms with E-state index in [2.05, 4.69) is 36.5 Å².